The smallest absolute Gasteiger partial charge is 0.227 e. The number of halogens is 1. The van der Waals surface area contributed by atoms with Gasteiger partial charge < -0.3 is 4.57 Å². The number of hydrogen-bond donors (Lipinski definition) is 1. The van der Waals surface area contributed by atoms with Crippen LogP contribution in [-0.2, 0) is 4.79 Å². The number of imidazole rings is 1. The number of nitriles is 1. The summed E-state index contributed by atoms with van der Waals surface area (Å²) in [6.45, 7) is 6.07. The summed E-state index contributed by atoms with van der Waals surface area (Å²) in [5.41, 5.74) is 1.73. The zero-order valence-electron chi connectivity index (χ0n) is 14.2. The van der Waals surface area contributed by atoms with Crippen LogP contribution in [0, 0.1) is 16.7 Å². The third kappa shape index (κ3) is 3.11. The Morgan fingerprint density at radius 2 is 2.17 bits per heavy atom. The molecule has 1 aromatic heterocycles. The van der Waals surface area contributed by atoms with Crippen LogP contribution in [0.5, 0.6) is 0 Å². The topological polar surface area (TPSA) is 70.7 Å². The van der Waals surface area contributed by atoms with E-state index in [1.54, 1.807) is 12.1 Å². The van der Waals surface area contributed by atoms with Crippen LogP contribution in [0.2, 0.25) is 5.02 Å². The van der Waals surface area contributed by atoms with Crippen molar-refractivity contribution in [3.63, 3.8) is 0 Å². The minimum Gasteiger partial charge on any atom is -0.306 e. The molecule has 3 rings (SSSR count). The first-order chi connectivity index (χ1) is 11.3. The van der Waals surface area contributed by atoms with E-state index in [0.717, 1.165) is 24.8 Å². The summed E-state index contributed by atoms with van der Waals surface area (Å²) in [7, 11) is 0. The van der Waals surface area contributed by atoms with Gasteiger partial charge in [0.2, 0.25) is 11.9 Å². The number of carbonyl (C=O) groups is 1. The van der Waals surface area contributed by atoms with Crippen LogP contribution in [0.15, 0.2) is 12.1 Å². The molecule has 1 N–H and O–H groups in total. The maximum atomic E-state index is 12.4. The number of hydrogen-bond acceptors (Lipinski definition) is 3. The maximum absolute atomic E-state index is 12.4. The van der Waals surface area contributed by atoms with Gasteiger partial charge in [0.1, 0.15) is 6.07 Å². The van der Waals surface area contributed by atoms with E-state index in [-0.39, 0.29) is 17.4 Å². The highest BCUT2D eigenvalue weighted by Gasteiger charge is 2.28. The summed E-state index contributed by atoms with van der Waals surface area (Å²) in [5.74, 6) is 0.450. The van der Waals surface area contributed by atoms with Crippen LogP contribution < -0.4 is 5.32 Å². The fourth-order valence-corrected chi connectivity index (χ4v) is 3.20. The van der Waals surface area contributed by atoms with Crippen LogP contribution >= 0.6 is 11.6 Å². The van der Waals surface area contributed by atoms with Gasteiger partial charge in [-0.15, -0.1) is 0 Å². The van der Waals surface area contributed by atoms with Crippen molar-refractivity contribution in [3.05, 3.63) is 22.7 Å². The second-order valence-electron chi connectivity index (χ2n) is 7.58. The molecule has 5 nitrogen and oxygen atoms in total. The standard InChI is InChI=1S/C18H21ClN4O/c1-18(2,3)9-15(24)22-17-21-14-8-7-13(19)12(10-20)16(14)23(17)11-5-4-6-11/h7-8,11H,4-6,9H2,1-3H3,(H,21,22,24). The van der Waals surface area contributed by atoms with Gasteiger partial charge in [-0.25, -0.2) is 4.98 Å². The SMILES string of the molecule is CC(C)(C)CC(=O)Nc1nc2ccc(Cl)c(C#N)c2n1C1CCC1. The molecule has 0 radical (unpaired) electrons. The Morgan fingerprint density at radius 1 is 1.46 bits per heavy atom. The van der Waals surface area contributed by atoms with E-state index in [0.29, 0.717) is 28.5 Å². The molecule has 0 aliphatic heterocycles. The molecule has 1 fully saturated rings. The van der Waals surface area contributed by atoms with E-state index in [1.165, 1.54) is 0 Å². The van der Waals surface area contributed by atoms with Crippen LogP contribution in [0.4, 0.5) is 5.95 Å². The van der Waals surface area contributed by atoms with Gasteiger partial charge in [0.15, 0.2) is 0 Å². The third-order valence-electron chi connectivity index (χ3n) is 4.29. The van der Waals surface area contributed by atoms with Gasteiger partial charge in [-0.2, -0.15) is 5.26 Å². The van der Waals surface area contributed by atoms with Gasteiger partial charge in [0.25, 0.3) is 0 Å². The van der Waals surface area contributed by atoms with Crippen molar-refractivity contribution >= 4 is 34.5 Å². The lowest BCUT2D eigenvalue weighted by Crippen LogP contribution is -2.24. The summed E-state index contributed by atoms with van der Waals surface area (Å²) in [6.07, 6.45) is 3.59. The minimum absolute atomic E-state index is 0.0667. The van der Waals surface area contributed by atoms with Gasteiger partial charge in [-0.1, -0.05) is 32.4 Å². The molecule has 0 spiro atoms. The molecular formula is C18H21ClN4O. The quantitative estimate of drug-likeness (QED) is 0.880. The monoisotopic (exact) mass is 344 g/mol. The lowest BCUT2D eigenvalue weighted by molar-refractivity contribution is -0.117. The number of nitrogens with one attached hydrogen (secondary N) is 1. The van der Waals surface area contributed by atoms with E-state index in [1.807, 2.05) is 25.3 Å². The van der Waals surface area contributed by atoms with E-state index >= 15 is 0 Å². The molecule has 1 aliphatic carbocycles. The van der Waals surface area contributed by atoms with Crippen molar-refractivity contribution in [3.8, 4) is 6.07 Å². The number of aromatic nitrogens is 2. The number of benzene rings is 1. The molecule has 1 aromatic carbocycles. The normalized spacial score (nSPS) is 15.1. The maximum Gasteiger partial charge on any atom is 0.227 e. The predicted molar refractivity (Wildman–Crippen MR) is 95.0 cm³/mol. The summed E-state index contributed by atoms with van der Waals surface area (Å²) in [5, 5.41) is 12.8. The van der Waals surface area contributed by atoms with Crippen molar-refractivity contribution in [2.75, 3.05) is 5.32 Å². The van der Waals surface area contributed by atoms with Crippen molar-refractivity contribution in [2.24, 2.45) is 5.41 Å². The molecule has 1 aliphatic rings. The first-order valence-corrected chi connectivity index (χ1v) is 8.58. The average Bonchev–Trinajstić information content (AvgIpc) is 2.73. The Morgan fingerprint density at radius 3 is 2.71 bits per heavy atom. The molecule has 126 valence electrons. The summed E-state index contributed by atoms with van der Waals surface area (Å²) < 4.78 is 1.99. The summed E-state index contributed by atoms with van der Waals surface area (Å²) in [4.78, 5) is 16.9. The fraction of sp³-hybridized carbons (Fsp3) is 0.500. The van der Waals surface area contributed by atoms with Crippen LogP contribution in [-0.4, -0.2) is 15.5 Å². The van der Waals surface area contributed by atoms with Crippen molar-refractivity contribution in [1.29, 1.82) is 5.26 Å². The zero-order chi connectivity index (χ0) is 17.5. The first kappa shape index (κ1) is 16.8. The van der Waals surface area contributed by atoms with Crippen LogP contribution in [0.25, 0.3) is 11.0 Å². The van der Waals surface area contributed by atoms with E-state index in [4.69, 9.17) is 11.6 Å². The minimum atomic E-state index is -0.0987. The molecular weight excluding hydrogens is 324 g/mol. The molecule has 0 saturated heterocycles. The van der Waals surface area contributed by atoms with Gasteiger partial charge in [0.05, 0.1) is 21.6 Å². The summed E-state index contributed by atoms with van der Waals surface area (Å²) in [6, 6.07) is 5.92. The lowest BCUT2D eigenvalue weighted by Gasteiger charge is -2.29. The zero-order valence-corrected chi connectivity index (χ0v) is 14.9. The second kappa shape index (κ2) is 6.10. The number of amides is 1. The molecule has 0 atom stereocenters. The van der Waals surface area contributed by atoms with Crippen molar-refractivity contribution in [2.45, 2.75) is 52.5 Å². The summed E-state index contributed by atoms with van der Waals surface area (Å²) >= 11 is 6.19. The average molecular weight is 345 g/mol. The molecule has 0 unspecified atom stereocenters. The lowest BCUT2D eigenvalue weighted by atomic mass is 9.92. The number of rotatable bonds is 3. The highest BCUT2D eigenvalue weighted by molar-refractivity contribution is 6.32. The van der Waals surface area contributed by atoms with Crippen LogP contribution in [0.1, 0.15) is 58.1 Å². The van der Waals surface area contributed by atoms with Gasteiger partial charge in [-0.3, -0.25) is 10.1 Å². The predicted octanol–water partition coefficient (Wildman–Crippen LogP) is 4.66. The molecule has 24 heavy (non-hydrogen) atoms. The Balaban J connectivity index is 2.08. The highest BCUT2D eigenvalue weighted by Crippen LogP contribution is 2.39. The Bertz CT molecular complexity index is 837. The number of carbonyl (C=O) groups excluding carboxylic acids is 1. The second-order valence-corrected chi connectivity index (χ2v) is 7.98. The molecule has 2 aromatic rings. The van der Waals surface area contributed by atoms with Crippen molar-refractivity contribution < 1.29 is 4.79 Å². The largest absolute Gasteiger partial charge is 0.306 e. The fourth-order valence-electron chi connectivity index (χ4n) is 3.01. The van der Waals surface area contributed by atoms with E-state index in [2.05, 4.69) is 16.4 Å². The number of nitrogens with zero attached hydrogens (tertiary/aromatic N) is 3. The molecule has 1 amide bonds. The van der Waals surface area contributed by atoms with Gasteiger partial charge >= 0.3 is 0 Å². The van der Waals surface area contributed by atoms with Crippen molar-refractivity contribution in [1.82, 2.24) is 9.55 Å². The number of anilines is 1. The van der Waals surface area contributed by atoms with Gasteiger partial charge in [-0.05, 0) is 36.8 Å². The highest BCUT2D eigenvalue weighted by atomic mass is 35.5. The van der Waals surface area contributed by atoms with E-state index in [9.17, 15) is 10.1 Å². The van der Waals surface area contributed by atoms with Gasteiger partial charge in [0, 0.05) is 12.5 Å². The molecule has 0 bridgehead atoms. The Labute approximate surface area is 146 Å². The Hall–Kier alpha value is -2.06. The van der Waals surface area contributed by atoms with E-state index < -0.39 is 0 Å². The molecule has 1 heterocycles. The van der Waals surface area contributed by atoms with Crippen LogP contribution in [0.3, 0.4) is 0 Å². The molecule has 6 heteroatoms. The molecule has 1 saturated carbocycles. The first-order valence-electron chi connectivity index (χ1n) is 8.20. The Kier molecular flexibility index (Phi) is 4.27. The number of fused-ring (bicyclic) bond motifs is 1. The third-order valence-corrected chi connectivity index (χ3v) is 4.61.